The molecule has 1 aromatic heterocycles. The summed E-state index contributed by atoms with van der Waals surface area (Å²) in [6.07, 6.45) is 4.64. The molecule has 0 aliphatic rings. The predicted octanol–water partition coefficient (Wildman–Crippen LogP) is 2.65. The number of hydroxylamine groups is 1. The molecular formula is C16H31N5O3. The summed E-state index contributed by atoms with van der Waals surface area (Å²) in [7, 11) is 0. The SMILES string of the molecule is CCC(C)(C)NC[C@H](Cn1ccnc1[N+](=O)[O-])ONC(C)(C)CC. The largest absolute Gasteiger partial charge is 0.434 e. The lowest BCUT2D eigenvalue weighted by Crippen LogP contribution is -2.48. The lowest BCUT2D eigenvalue weighted by molar-refractivity contribution is -0.397. The molecule has 0 unspecified atom stereocenters. The highest BCUT2D eigenvalue weighted by atomic mass is 16.7. The summed E-state index contributed by atoms with van der Waals surface area (Å²) in [5, 5.41) is 14.5. The Kier molecular flexibility index (Phi) is 7.31. The molecular weight excluding hydrogens is 310 g/mol. The quantitative estimate of drug-likeness (QED) is 0.475. The summed E-state index contributed by atoms with van der Waals surface area (Å²) in [6, 6.07) is 0. The summed E-state index contributed by atoms with van der Waals surface area (Å²) in [6.45, 7) is 13.4. The minimum atomic E-state index is -0.482. The Morgan fingerprint density at radius 1 is 1.29 bits per heavy atom. The lowest BCUT2D eigenvalue weighted by Gasteiger charge is -2.30. The van der Waals surface area contributed by atoms with E-state index in [1.165, 1.54) is 10.8 Å². The van der Waals surface area contributed by atoms with Gasteiger partial charge in [-0.1, -0.05) is 18.8 Å². The molecule has 0 saturated carbocycles. The van der Waals surface area contributed by atoms with Gasteiger partial charge in [-0.15, -0.1) is 0 Å². The fourth-order valence-electron chi connectivity index (χ4n) is 1.81. The van der Waals surface area contributed by atoms with E-state index in [4.69, 9.17) is 4.84 Å². The van der Waals surface area contributed by atoms with Crippen molar-refractivity contribution in [3.63, 3.8) is 0 Å². The van der Waals surface area contributed by atoms with Gasteiger partial charge in [0.05, 0.1) is 0 Å². The van der Waals surface area contributed by atoms with Gasteiger partial charge in [0, 0.05) is 17.6 Å². The third kappa shape index (κ3) is 6.54. The molecule has 8 nitrogen and oxygen atoms in total. The number of nitrogens with zero attached hydrogens (tertiary/aromatic N) is 3. The van der Waals surface area contributed by atoms with Crippen molar-refractivity contribution in [1.29, 1.82) is 0 Å². The smallest absolute Gasteiger partial charge is 0.390 e. The van der Waals surface area contributed by atoms with Crippen LogP contribution in [0.3, 0.4) is 0 Å². The van der Waals surface area contributed by atoms with E-state index in [9.17, 15) is 10.1 Å². The van der Waals surface area contributed by atoms with Crippen LogP contribution in [0.4, 0.5) is 5.95 Å². The van der Waals surface area contributed by atoms with Gasteiger partial charge in [0.2, 0.25) is 0 Å². The van der Waals surface area contributed by atoms with Crippen molar-refractivity contribution in [3.8, 4) is 0 Å². The zero-order valence-corrected chi connectivity index (χ0v) is 15.6. The highest BCUT2D eigenvalue weighted by Crippen LogP contribution is 2.13. The summed E-state index contributed by atoms with van der Waals surface area (Å²) >= 11 is 0. The zero-order chi connectivity index (χ0) is 18.4. The predicted molar refractivity (Wildman–Crippen MR) is 93.6 cm³/mol. The van der Waals surface area contributed by atoms with E-state index in [-0.39, 0.29) is 23.1 Å². The second-order valence-electron chi connectivity index (χ2n) is 7.33. The average molecular weight is 341 g/mol. The molecule has 0 spiro atoms. The highest BCUT2D eigenvalue weighted by Gasteiger charge is 2.24. The first-order valence-corrected chi connectivity index (χ1v) is 8.43. The Balaban J connectivity index is 2.79. The number of rotatable bonds is 11. The molecule has 0 saturated heterocycles. The van der Waals surface area contributed by atoms with Crippen molar-refractivity contribution in [1.82, 2.24) is 20.3 Å². The van der Waals surface area contributed by atoms with E-state index >= 15 is 0 Å². The van der Waals surface area contributed by atoms with Gasteiger partial charge >= 0.3 is 5.95 Å². The van der Waals surface area contributed by atoms with Crippen molar-refractivity contribution >= 4 is 5.95 Å². The van der Waals surface area contributed by atoms with Crippen LogP contribution in [-0.4, -0.2) is 38.2 Å². The molecule has 1 rings (SSSR count). The number of nitrogens with one attached hydrogen (secondary N) is 2. The van der Waals surface area contributed by atoms with Crippen LogP contribution in [0.5, 0.6) is 0 Å². The molecule has 0 aromatic carbocycles. The zero-order valence-electron chi connectivity index (χ0n) is 15.6. The summed E-state index contributed by atoms with van der Waals surface area (Å²) in [4.78, 5) is 20.2. The highest BCUT2D eigenvalue weighted by molar-refractivity contribution is 5.06. The van der Waals surface area contributed by atoms with Gasteiger partial charge in [0.1, 0.15) is 25.0 Å². The molecule has 0 radical (unpaired) electrons. The number of hydrogen-bond donors (Lipinski definition) is 2. The van der Waals surface area contributed by atoms with Crippen molar-refractivity contribution < 1.29 is 9.76 Å². The molecule has 0 bridgehead atoms. The van der Waals surface area contributed by atoms with Crippen LogP contribution in [0, 0.1) is 10.1 Å². The Bertz CT molecular complexity index is 508. The maximum absolute atomic E-state index is 11.0. The molecule has 24 heavy (non-hydrogen) atoms. The first kappa shape index (κ1) is 20.5. The van der Waals surface area contributed by atoms with Gasteiger partial charge in [-0.25, -0.2) is 4.57 Å². The van der Waals surface area contributed by atoms with E-state index in [0.717, 1.165) is 12.8 Å². The number of aromatic nitrogens is 2. The number of imidazole rings is 1. The topological polar surface area (TPSA) is 94.2 Å². The van der Waals surface area contributed by atoms with Gasteiger partial charge in [0.15, 0.2) is 0 Å². The molecule has 138 valence electrons. The normalized spacial score (nSPS) is 13.9. The minimum Gasteiger partial charge on any atom is -0.390 e. The van der Waals surface area contributed by atoms with E-state index < -0.39 is 4.92 Å². The van der Waals surface area contributed by atoms with Crippen molar-refractivity contribution in [3.05, 3.63) is 22.5 Å². The van der Waals surface area contributed by atoms with E-state index in [1.54, 1.807) is 6.20 Å². The fourth-order valence-corrected chi connectivity index (χ4v) is 1.81. The Labute approximate surface area is 144 Å². The standard InChI is InChI=1S/C16H31N5O3/c1-7-15(3,4)18-11-13(24-19-16(5,6)8-2)12-20-10-9-17-14(20)21(22)23/h9-10,13,18-19H,7-8,11-12H2,1-6H3/t13-/m1/s1. The first-order chi connectivity index (χ1) is 11.1. The van der Waals surface area contributed by atoms with Crippen molar-refractivity contribution in [2.45, 2.75) is 78.1 Å². The number of hydrogen-bond acceptors (Lipinski definition) is 6. The van der Waals surface area contributed by atoms with Crippen LogP contribution in [-0.2, 0) is 11.4 Å². The Morgan fingerprint density at radius 2 is 1.92 bits per heavy atom. The maximum atomic E-state index is 11.0. The average Bonchev–Trinajstić information content (AvgIpc) is 2.98. The van der Waals surface area contributed by atoms with E-state index in [1.807, 2.05) is 13.8 Å². The second-order valence-corrected chi connectivity index (χ2v) is 7.33. The van der Waals surface area contributed by atoms with Crippen molar-refractivity contribution in [2.75, 3.05) is 6.54 Å². The van der Waals surface area contributed by atoms with Crippen LogP contribution in [0.2, 0.25) is 0 Å². The van der Waals surface area contributed by atoms with Crippen LogP contribution in [0.15, 0.2) is 12.4 Å². The van der Waals surface area contributed by atoms with Gasteiger partial charge in [-0.2, -0.15) is 5.48 Å². The molecule has 1 atom stereocenters. The lowest BCUT2D eigenvalue weighted by atomic mass is 10.0. The summed E-state index contributed by atoms with van der Waals surface area (Å²) in [5.74, 6) is -0.173. The number of nitro groups is 1. The molecule has 0 aliphatic carbocycles. The second kappa shape index (κ2) is 8.55. The molecule has 1 heterocycles. The maximum Gasteiger partial charge on any atom is 0.434 e. The third-order valence-electron chi connectivity index (χ3n) is 4.34. The molecule has 0 aliphatic heterocycles. The van der Waals surface area contributed by atoms with E-state index in [2.05, 4.69) is 43.5 Å². The fraction of sp³-hybridized carbons (Fsp3) is 0.812. The Morgan fingerprint density at radius 3 is 2.46 bits per heavy atom. The molecule has 8 heteroatoms. The molecule has 2 N–H and O–H groups in total. The molecule has 0 amide bonds. The van der Waals surface area contributed by atoms with Crippen LogP contribution < -0.4 is 10.8 Å². The van der Waals surface area contributed by atoms with Gasteiger partial charge in [-0.3, -0.25) is 4.84 Å². The van der Waals surface area contributed by atoms with Gasteiger partial charge in [-0.05, 0) is 45.5 Å². The summed E-state index contributed by atoms with van der Waals surface area (Å²) in [5.41, 5.74) is 2.89. The van der Waals surface area contributed by atoms with Gasteiger partial charge < -0.3 is 15.4 Å². The monoisotopic (exact) mass is 341 g/mol. The molecule has 1 aromatic rings. The molecule has 0 fully saturated rings. The first-order valence-electron chi connectivity index (χ1n) is 8.43. The minimum absolute atomic E-state index is 0.0250. The van der Waals surface area contributed by atoms with Crippen LogP contribution >= 0.6 is 0 Å². The third-order valence-corrected chi connectivity index (χ3v) is 4.34. The van der Waals surface area contributed by atoms with E-state index in [0.29, 0.717) is 13.1 Å². The van der Waals surface area contributed by atoms with Crippen molar-refractivity contribution in [2.24, 2.45) is 0 Å². The Hall–Kier alpha value is -1.51. The van der Waals surface area contributed by atoms with Crippen LogP contribution in [0.25, 0.3) is 0 Å². The van der Waals surface area contributed by atoms with Gasteiger partial charge in [0.25, 0.3) is 0 Å². The van der Waals surface area contributed by atoms with Crippen LogP contribution in [0.1, 0.15) is 54.4 Å². The summed E-state index contributed by atoms with van der Waals surface area (Å²) < 4.78 is 1.51.